The Morgan fingerprint density at radius 3 is 2.89 bits per heavy atom. The van der Waals surface area contributed by atoms with Gasteiger partial charge in [-0.1, -0.05) is 43.2 Å². The molecule has 0 unspecified atom stereocenters. The largest absolute Gasteiger partial charge is 0.391 e. The van der Waals surface area contributed by atoms with E-state index in [4.69, 9.17) is 4.98 Å². The van der Waals surface area contributed by atoms with E-state index in [9.17, 15) is 9.90 Å². The number of hydrogen-bond donors (Lipinski definition) is 1. The van der Waals surface area contributed by atoms with Crippen LogP contribution in [0.5, 0.6) is 0 Å². The lowest BCUT2D eigenvalue weighted by atomic mass is 9.91. The van der Waals surface area contributed by atoms with Gasteiger partial charge >= 0.3 is 0 Å². The van der Waals surface area contributed by atoms with Gasteiger partial charge in [0, 0.05) is 30.9 Å². The van der Waals surface area contributed by atoms with E-state index in [1.165, 1.54) is 0 Å². The Balaban J connectivity index is 1.48. The third-order valence-corrected chi connectivity index (χ3v) is 7.49. The molecule has 1 fully saturated rings. The van der Waals surface area contributed by atoms with Crippen molar-refractivity contribution in [1.29, 1.82) is 0 Å². The van der Waals surface area contributed by atoms with Crippen LogP contribution in [0.4, 0.5) is 5.69 Å². The minimum Gasteiger partial charge on any atom is -0.391 e. The zero-order chi connectivity index (χ0) is 24.6. The molecule has 181 valence electrons. The Bertz CT molecular complexity index is 1510. The van der Waals surface area contributed by atoms with Crippen molar-refractivity contribution in [3.8, 4) is 11.3 Å². The maximum Gasteiger partial charge on any atom is 0.261 e. The zero-order valence-electron chi connectivity index (χ0n) is 20.4. The molecule has 6 heteroatoms. The Hall–Kier alpha value is -3.77. The molecular formula is C30H29N4O2. The summed E-state index contributed by atoms with van der Waals surface area (Å²) in [6.45, 7) is 0.765. The summed E-state index contributed by atoms with van der Waals surface area (Å²) in [6.07, 6.45) is 11.5. The molecule has 1 aliphatic heterocycles. The molecule has 0 spiro atoms. The number of hydrogen-bond acceptors (Lipinski definition) is 5. The number of aliphatic hydroxyl groups is 1. The number of nitrogens with zero attached hydrogens (tertiary/aromatic N) is 4. The van der Waals surface area contributed by atoms with Crippen molar-refractivity contribution >= 4 is 22.7 Å². The van der Waals surface area contributed by atoms with Gasteiger partial charge in [-0.05, 0) is 60.7 Å². The Morgan fingerprint density at radius 1 is 1.17 bits per heavy atom. The first kappa shape index (κ1) is 22.7. The minimum atomic E-state index is -0.510. The average molecular weight is 478 g/mol. The Morgan fingerprint density at radius 2 is 2.06 bits per heavy atom. The van der Waals surface area contributed by atoms with Gasteiger partial charge < -0.3 is 10.0 Å². The molecule has 1 radical (unpaired) electrons. The van der Waals surface area contributed by atoms with Gasteiger partial charge in [0.2, 0.25) is 0 Å². The fourth-order valence-electron chi connectivity index (χ4n) is 5.64. The van der Waals surface area contributed by atoms with Gasteiger partial charge in [-0.2, -0.15) is 0 Å². The maximum atomic E-state index is 13.8. The molecule has 1 N–H and O–H groups in total. The predicted molar refractivity (Wildman–Crippen MR) is 143 cm³/mol. The SMILES string of the molecule is CN1CC=Cc2c(Cc3ccnc(-c4c[c]ccc4)c3)cc3c(=O)n([C@H]4CCCC[C@@H]4O)cnc3c21. The van der Waals surface area contributed by atoms with Crippen LogP contribution in [0, 0.1) is 6.07 Å². The van der Waals surface area contributed by atoms with E-state index in [-0.39, 0.29) is 11.6 Å². The minimum absolute atomic E-state index is 0.0757. The number of anilines is 1. The van der Waals surface area contributed by atoms with Crippen LogP contribution < -0.4 is 10.5 Å². The number of fused-ring (bicyclic) bond motifs is 3. The highest BCUT2D eigenvalue weighted by Gasteiger charge is 2.27. The van der Waals surface area contributed by atoms with Crippen LogP contribution >= 0.6 is 0 Å². The quantitative estimate of drug-likeness (QED) is 0.458. The molecule has 36 heavy (non-hydrogen) atoms. The van der Waals surface area contributed by atoms with Crippen molar-refractivity contribution in [1.82, 2.24) is 14.5 Å². The van der Waals surface area contributed by atoms with Crippen molar-refractivity contribution < 1.29 is 5.11 Å². The molecule has 6 nitrogen and oxygen atoms in total. The fraction of sp³-hybridized carbons (Fsp3) is 0.300. The molecule has 0 bridgehead atoms. The summed E-state index contributed by atoms with van der Waals surface area (Å²) >= 11 is 0. The van der Waals surface area contributed by atoms with Crippen molar-refractivity contribution in [3.05, 3.63) is 94.2 Å². The zero-order valence-corrected chi connectivity index (χ0v) is 20.4. The van der Waals surface area contributed by atoms with Gasteiger partial charge in [0.1, 0.15) is 5.52 Å². The third kappa shape index (κ3) is 4.01. The number of pyridine rings is 1. The second-order valence-electron chi connectivity index (χ2n) is 9.87. The molecule has 2 aliphatic rings. The number of likely N-dealkylation sites (N-methyl/N-ethyl adjacent to an activating group) is 1. The van der Waals surface area contributed by atoms with E-state index in [1.54, 1.807) is 10.9 Å². The molecule has 1 aliphatic carbocycles. The summed E-state index contributed by atoms with van der Waals surface area (Å²) in [6, 6.07) is 16.9. The second-order valence-corrected chi connectivity index (χ2v) is 9.87. The molecule has 2 atom stereocenters. The van der Waals surface area contributed by atoms with E-state index in [2.05, 4.69) is 34.2 Å². The average Bonchev–Trinajstić information content (AvgIpc) is 2.91. The van der Waals surface area contributed by atoms with E-state index in [0.717, 1.165) is 71.4 Å². The van der Waals surface area contributed by atoms with Crippen LogP contribution in [-0.4, -0.2) is 39.3 Å². The van der Waals surface area contributed by atoms with Gasteiger partial charge in [0.15, 0.2) is 0 Å². The second kappa shape index (κ2) is 9.36. The summed E-state index contributed by atoms with van der Waals surface area (Å²) in [5.74, 6) is 0. The number of rotatable bonds is 4. The topological polar surface area (TPSA) is 71.2 Å². The summed E-state index contributed by atoms with van der Waals surface area (Å²) in [4.78, 5) is 25.3. The van der Waals surface area contributed by atoms with Gasteiger partial charge in [0.05, 0.1) is 35.2 Å². The Labute approximate surface area is 210 Å². The van der Waals surface area contributed by atoms with E-state index in [1.807, 2.05) is 49.6 Å². The van der Waals surface area contributed by atoms with Gasteiger partial charge in [-0.3, -0.25) is 14.3 Å². The normalized spacial score (nSPS) is 19.4. The molecule has 2 aromatic heterocycles. The molecular weight excluding hydrogens is 448 g/mol. The monoisotopic (exact) mass is 477 g/mol. The number of aliphatic hydroxyl groups excluding tert-OH is 1. The van der Waals surface area contributed by atoms with Gasteiger partial charge in [-0.25, -0.2) is 4.98 Å². The van der Waals surface area contributed by atoms with Crippen LogP contribution in [0.25, 0.3) is 28.2 Å². The van der Waals surface area contributed by atoms with Crippen LogP contribution in [0.1, 0.15) is 48.4 Å². The lowest BCUT2D eigenvalue weighted by Gasteiger charge is -2.30. The lowest BCUT2D eigenvalue weighted by Crippen LogP contribution is -2.35. The summed E-state index contributed by atoms with van der Waals surface area (Å²) in [7, 11) is 2.04. The standard InChI is InChI=1S/C30H29N4O2/c1-33-15-7-10-23-22(16-20-13-14-31-25(17-20)21-8-3-2-4-9-21)18-24-28(29(23)33)32-19-34(30(24)36)26-11-5-6-12-27(26)35/h2-3,7-10,13-14,17-19,26-27,35H,5-6,11-12,15-16H2,1H3/t26-,27-/m0/s1. The highest BCUT2D eigenvalue weighted by atomic mass is 16.3. The number of benzene rings is 2. The van der Waals surface area contributed by atoms with Crippen LogP contribution in [-0.2, 0) is 6.42 Å². The highest BCUT2D eigenvalue weighted by molar-refractivity contribution is 5.97. The van der Waals surface area contributed by atoms with Crippen LogP contribution in [0.2, 0.25) is 0 Å². The third-order valence-electron chi connectivity index (χ3n) is 7.49. The van der Waals surface area contributed by atoms with Crippen molar-refractivity contribution in [2.75, 3.05) is 18.5 Å². The summed E-state index contributed by atoms with van der Waals surface area (Å²) in [5.41, 5.74) is 6.88. The summed E-state index contributed by atoms with van der Waals surface area (Å²) < 4.78 is 1.66. The maximum absolute atomic E-state index is 13.8. The van der Waals surface area contributed by atoms with E-state index < -0.39 is 6.10 Å². The molecule has 0 saturated heterocycles. The first-order valence-electron chi connectivity index (χ1n) is 12.6. The molecule has 2 aromatic carbocycles. The summed E-state index contributed by atoms with van der Waals surface area (Å²) in [5, 5.41) is 11.2. The molecule has 1 saturated carbocycles. The Kier molecular flexibility index (Phi) is 5.89. The van der Waals surface area contributed by atoms with Gasteiger partial charge in [0.25, 0.3) is 5.56 Å². The first-order chi connectivity index (χ1) is 17.6. The molecule has 3 heterocycles. The fourth-order valence-corrected chi connectivity index (χ4v) is 5.64. The van der Waals surface area contributed by atoms with E-state index >= 15 is 0 Å². The lowest BCUT2D eigenvalue weighted by molar-refractivity contribution is 0.0735. The number of aromatic nitrogens is 3. The smallest absolute Gasteiger partial charge is 0.261 e. The van der Waals surface area contributed by atoms with E-state index in [0.29, 0.717) is 11.8 Å². The van der Waals surface area contributed by atoms with Crippen LogP contribution in [0.3, 0.4) is 0 Å². The van der Waals surface area contributed by atoms with Crippen molar-refractivity contribution in [2.45, 2.75) is 44.2 Å². The predicted octanol–water partition coefficient (Wildman–Crippen LogP) is 4.79. The van der Waals surface area contributed by atoms with Crippen LogP contribution in [0.15, 0.2) is 65.9 Å². The van der Waals surface area contributed by atoms with Gasteiger partial charge in [-0.15, -0.1) is 0 Å². The molecule has 4 aromatic rings. The van der Waals surface area contributed by atoms with Crippen molar-refractivity contribution in [2.24, 2.45) is 0 Å². The molecule has 6 rings (SSSR count). The molecule has 0 amide bonds. The first-order valence-corrected chi connectivity index (χ1v) is 12.6. The van der Waals surface area contributed by atoms with Crippen molar-refractivity contribution in [3.63, 3.8) is 0 Å². The highest BCUT2D eigenvalue weighted by Crippen LogP contribution is 2.36.